The summed E-state index contributed by atoms with van der Waals surface area (Å²) in [5.41, 5.74) is 28.6. The molecule has 12 nitrogen and oxygen atoms in total. The predicted molar refractivity (Wildman–Crippen MR) is 569 cm³/mol. The molecule has 1 N–H and O–H groups in total. The second kappa shape index (κ2) is 42.0. The van der Waals surface area contributed by atoms with Crippen LogP contribution >= 0.6 is 37.3 Å². The van der Waals surface area contributed by atoms with Gasteiger partial charge in [0.05, 0.1) is 56.4 Å². The Bertz CT molecular complexity index is 7500. The van der Waals surface area contributed by atoms with E-state index in [2.05, 4.69) is 447 Å². The number of phenols is 1. The molecule has 6 heterocycles. The van der Waals surface area contributed by atoms with E-state index in [0.717, 1.165) is 146 Å². The summed E-state index contributed by atoms with van der Waals surface area (Å²) in [6.45, 7) is 1.81. The summed E-state index contributed by atoms with van der Waals surface area (Å²) in [6.07, 6.45) is 1.67. The number of rotatable bonds is 15. The van der Waals surface area contributed by atoms with Crippen molar-refractivity contribution in [2.75, 3.05) is 16.5 Å². The molecule has 0 saturated carbocycles. The van der Waals surface area contributed by atoms with Gasteiger partial charge in [0.2, 0.25) is 0 Å². The standard InChI is InChI=1S/C60H42N4.C45H30N6.C9H7NO.CH4P.CH3.BHIP.2Li/c1-3-15-45(16-4-1)61(49-35-39-51(40-36-49)63-57-23-11-7-19-53(57)54-20-8-12-24-58(54)63)47-31-27-43(28-32-47)44-29-33-48(34-30-44)62(46-17-5-2-6-18-46)50-37-41-52(42-38-50)64-59-25-13-9-21-55(59)56-22-10-14-26-60(56)64;1-4-16-34(17-5-1)49-40-25-13-10-22-37(40)46-43(49)31-28-32(44-47-38-23-11-14-26-41(38)50(44)35-18-6-2-7-19-35)30-33(29-31)45-48-39-24-12-15-27-42(39)51(45)36-20-8-3-9-21-36;11-8-5-1-3-7-4-2-6-10-9(7)8;1-2;;1-3-2;;/h1-42H;1-30H;1-6,11H;2H,1H3;1H3;3H;;/q;;;2*-1;;2*+1/i;;;;;3T;;. The number of halogens is 1. The number of hydrogen-bond acceptors (Lipinski definition) is 7. The first-order chi connectivity index (χ1) is 65.2. The minimum Gasteiger partial charge on any atom is -0.562 e. The third-order valence-corrected chi connectivity index (χ3v) is 23.6. The van der Waals surface area contributed by atoms with E-state index in [4.69, 9.17) is 23.8 Å². The van der Waals surface area contributed by atoms with E-state index in [0.29, 0.717) is 5.52 Å². The van der Waals surface area contributed by atoms with E-state index in [1.54, 1.807) is 25.0 Å². The van der Waals surface area contributed by atoms with Crippen molar-refractivity contribution in [1.82, 2.24) is 42.8 Å². The molecular weight excluding hydrogens is 1780 g/mol. The van der Waals surface area contributed by atoms with E-state index in [1.165, 1.54) is 43.6 Å². The number of nitrogens with zero attached hydrogens (tertiary/aromatic N) is 11. The zero-order valence-electron chi connectivity index (χ0n) is 75.3. The summed E-state index contributed by atoms with van der Waals surface area (Å²) >= 11 is 1.85. The molecule has 0 bridgehead atoms. The van der Waals surface area contributed by atoms with Crippen molar-refractivity contribution in [2.24, 2.45) is 0 Å². The molecule has 18 heteroatoms. The maximum atomic E-state index is 9.31. The molecule has 0 aliphatic rings. The molecule has 0 fully saturated rings. The van der Waals surface area contributed by atoms with Crippen LogP contribution in [0.4, 0.5) is 34.1 Å². The van der Waals surface area contributed by atoms with Gasteiger partial charge in [0.25, 0.3) is 0 Å². The fourth-order valence-corrected chi connectivity index (χ4v) is 17.8. The first kappa shape index (κ1) is 90.2. The number of anilines is 6. The Kier molecular flexibility index (Phi) is 28.3. The van der Waals surface area contributed by atoms with E-state index in [9.17, 15) is 5.11 Å². The molecule has 0 saturated heterocycles. The van der Waals surface area contributed by atoms with Gasteiger partial charge in [0.15, 0.2) is 0 Å². The molecule has 0 amide bonds. The van der Waals surface area contributed by atoms with Gasteiger partial charge in [-0.15, -0.1) is 6.05 Å². The van der Waals surface area contributed by atoms with Crippen LogP contribution in [-0.2, 0) is 0 Å². The van der Waals surface area contributed by atoms with Gasteiger partial charge >= 0.3 is 37.7 Å². The van der Waals surface area contributed by atoms with Gasteiger partial charge in [-0.05, 0) is 236 Å². The average molecular weight is 1870 g/mol. The minimum atomic E-state index is -0.900. The Hall–Kier alpha value is -14.4. The van der Waals surface area contributed by atoms with E-state index in [-0.39, 0.29) is 50.9 Å². The van der Waals surface area contributed by atoms with Crippen molar-refractivity contribution in [3.8, 4) is 79.5 Å². The molecule has 0 aliphatic carbocycles. The topological polar surface area (TPSA) is 103 Å². The molecule has 0 aliphatic heterocycles. The number of benzene rings is 18. The Morgan fingerprint density at radius 1 is 0.284 bits per heavy atom. The molecule has 0 spiro atoms. The Morgan fingerprint density at radius 2 is 0.530 bits per heavy atom. The Labute approximate surface area is 823 Å². The molecule has 2 radical (unpaired) electrons. The second-order valence-corrected chi connectivity index (χ2v) is 33.1. The van der Waals surface area contributed by atoms with Gasteiger partial charge in [-0.25, -0.2) is 15.0 Å². The fraction of sp³-hybridized carbons (Fsp3) is 0.00862. The average Bonchev–Trinajstić information content (AvgIpc) is 1.60. The van der Waals surface area contributed by atoms with E-state index in [1.807, 2.05) is 76.6 Å². The number of aromatic nitrogens is 9. The molecule has 6 aromatic heterocycles. The summed E-state index contributed by atoms with van der Waals surface area (Å²) < 4.78 is 17.9. The third kappa shape index (κ3) is 18.3. The zero-order chi connectivity index (χ0) is 89.4. The summed E-state index contributed by atoms with van der Waals surface area (Å²) in [4.78, 5) is 24.5. The summed E-state index contributed by atoms with van der Waals surface area (Å²) in [5, 5.41) is 15.3. The normalized spacial score (nSPS) is 11.2. The van der Waals surface area contributed by atoms with Gasteiger partial charge in [-0.3, -0.25) is 18.7 Å². The maximum absolute atomic E-state index is 9.31. The van der Waals surface area contributed by atoms with Crippen LogP contribution in [0.25, 0.3) is 161 Å². The number of aromatic hydroxyl groups is 1. The Balaban J connectivity index is 0.000000159. The zero-order valence-corrected chi connectivity index (χ0v) is 78.4. The molecule has 134 heavy (non-hydrogen) atoms. The number of imidazole rings is 3. The quantitative estimate of drug-likeness (QED) is 0.0472. The molecule has 18 aromatic carbocycles. The van der Waals surface area contributed by atoms with Crippen molar-refractivity contribution in [2.45, 2.75) is 0 Å². The van der Waals surface area contributed by atoms with Crippen molar-refractivity contribution < 1.29 is 42.8 Å². The van der Waals surface area contributed by atoms with E-state index >= 15 is 0 Å². The minimum absolute atomic E-state index is 0. The largest absolute Gasteiger partial charge is 1.00 e. The molecule has 1 unspecified atom stereocenters. The molecule has 1 atom stereocenters. The van der Waals surface area contributed by atoms with Gasteiger partial charge in [0.1, 0.15) is 36.3 Å². The fourth-order valence-electron chi connectivity index (χ4n) is 17.8. The van der Waals surface area contributed by atoms with Crippen LogP contribution in [0.3, 0.4) is 0 Å². The number of phenolic OH excluding ortho intramolecular Hbond substituents is 1. The van der Waals surface area contributed by atoms with Crippen LogP contribution in [0, 0.1) is 7.43 Å². The smallest absolute Gasteiger partial charge is 0.562 e. The first-order valence-corrected chi connectivity index (χ1v) is 48.0. The van der Waals surface area contributed by atoms with Crippen LogP contribution < -0.4 is 47.5 Å². The molecule has 24 rings (SSSR count). The van der Waals surface area contributed by atoms with Crippen LogP contribution in [-0.4, -0.2) is 63.4 Å². The summed E-state index contributed by atoms with van der Waals surface area (Å²) in [7, 11) is 7.80. The van der Waals surface area contributed by atoms with Crippen molar-refractivity contribution in [3.63, 3.8) is 0 Å². The summed E-state index contributed by atoms with van der Waals surface area (Å²) in [5.74, 6) is 2.77. The van der Waals surface area contributed by atoms with Gasteiger partial charge in [-0.2, -0.15) is 6.66 Å². The van der Waals surface area contributed by atoms with Gasteiger partial charge < -0.3 is 40.7 Å². The van der Waals surface area contributed by atoms with Crippen LogP contribution in [0.15, 0.2) is 473 Å². The monoisotopic (exact) mass is 1870 g/mol. The molecule has 634 valence electrons. The Morgan fingerprint density at radius 3 is 0.836 bits per heavy atom. The number of para-hydroxylation sites is 16. The van der Waals surface area contributed by atoms with E-state index < -0.39 is 6.05 Å². The molecular formula is C116H87BILi2N11OP2. The number of fused-ring (bicyclic) bond motifs is 10. The summed E-state index contributed by atoms with van der Waals surface area (Å²) in [6, 6.07) is 163. The van der Waals surface area contributed by atoms with Crippen LogP contribution in [0.5, 0.6) is 5.75 Å². The van der Waals surface area contributed by atoms with Gasteiger partial charge in [0, 0.05) is 112 Å². The van der Waals surface area contributed by atoms with Crippen molar-refractivity contribution >= 4 is 167 Å². The molecule has 24 aromatic rings. The van der Waals surface area contributed by atoms with Gasteiger partial charge in [-0.1, -0.05) is 265 Å². The third-order valence-electron chi connectivity index (χ3n) is 23.6. The van der Waals surface area contributed by atoms with Crippen LogP contribution in [0.1, 0.15) is 0 Å². The number of pyridine rings is 1. The SMILES string of the molecule is C[PH-].Oc1cccc2cccnc12.[3H]P([B])I.[CH3-].[Li+].[Li+].c1ccc(-n2c(-c3cc(-c4nc5ccccc5n4-c4ccccc4)cc(-c4nc5ccccc5n4-c4ccccc4)c3)nc3ccccc32)cc1.c1ccc(N(c2ccc(-c3ccc(N(c4ccccc4)c4ccc(-n5c6ccccc6c6ccccc65)cc4)cc3)cc2)c2ccc(-n3c4ccccc4c4ccccc43)cc2)cc1. The predicted octanol–water partition coefficient (Wildman–Crippen LogP) is 25.4. The van der Waals surface area contributed by atoms with Crippen LogP contribution in [0.2, 0.25) is 0 Å². The first-order valence-electron chi connectivity index (χ1n) is 43.7. The second-order valence-electron chi connectivity index (χ2n) is 31.2. The number of hydrogen-bond donors (Lipinski definition) is 1. The maximum Gasteiger partial charge on any atom is 1.00 e. The van der Waals surface area contributed by atoms with Crippen molar-refractivity contribution in [1.29, 1.82) is 1.28 Å². The van der Waals surface area contributed by atoms with Crippen molar-refractivity contribution in [3.05, 3.63) is 481 Å².